The number of thioether (sulfide) groups is 1. The lowest BCUT2D eigenvalue weighted by molar-refractivity contribution is 0.0695. The van der Waals surface area contributed by atoms with Crippen molar-refractivity contribution in [3.05, 3.63) is 53.3 Å². The van der Waals surface area contributed by atoms with Gasteiger partial charge in [-0.2, -0.15) is 5.10 Å². The molecule has 148 valence electrons. The van der Waals surface area contributed by atoms with Gasteiger partial charge in [-0.1, -0.05) is 0 Å². The molecule has 1 aromatic carbocycles. The molecule has 1 unspecified atom stereocenters. The highest BCUT2D eigenvalue weighted by Crippen LogP contribution is 2.41. The number of nitrogens with one attached hydrogen (secondary N) is 1. The van der Waals surface area contributed by atoms with Crippen LogP contribution in [-0.2, 0) is 6.54 Å². The van der Waals surface area contributed by atoms with Gasteiger partial charge in [0.25, 0.3) is 5.91 Å². The van der Waals surface area contributed by atoms with Gasteiger partial charge in [0.15, 0.2) is 0 Å². The lowest BCUT2D eigenvalue weighted by atomic mass is 10.00. The molecule has 5 rings (SSSR count). The van der Waals surface area contributed by atoms with Crippen LogP contribution in [-0.4, -0.2) is 38.3 Å². The third-order valence-electron chi connectivity index (χ3n) is 6.08. The van der Waals surface area contributed by atoms with Crippen molar-refractivity contribution in [2.45, 2.75) is 44.2 Å². The minimum Gasteiger partial charge on any atom is -0.331 e. The molecular formula is C23H24N4OS. The first-order valence-corrected chi connectivity index (χ1v) is 11.3. The molecule has 29 heavy (non-hydrogen) atoms. The summed E-state index contributed by atoms with van der Waals surface area (Å²) < 4.78 is 0. The van der Waals surface area contributed by atoms with Crippen LogP contribution >= 0.6 is 11.8 Å². The number of fused-ring (bicyclic) bond motifs is 1. The number of rotatable bonds is 5. The van der Waals surface area contributed by atoms with Crippen molar-refractivity contribution in [1.82, 2.24) is 20.1 Å². The molecule has 1 atom stereocenters. The van der Waals surface area contributed by atoms with Gasteiger partial charge in [0.1, 0.15) is 5.69 Å². The predicted molar refractivity (Wildman–Crippen MR) is 116 cm³/mol. The van der Waals surface area contributed by atoms with E-state index in [0.717, 1.165) is 44.2 Å². The van der Waals surface area contributed by atoms with Gasteiger partial charge >= 0.3 is 0 Å². The van der Waals surface area contributed by atoms with Gasteiger partial charge in [0.05, 0.1) is 11.3 Å². The lowest BCUT2D eigenvalue weighted by Crippen LogP contribution is -2.34. The van der Waals surface area contributed by atoms with E-state index in [4.69, 9.17) is 0 Å². The second-order valence-electron chi connectivity index (χ2n) is 8.09. The SMILES string of the molecule is CSc1cc(-c2ccnc(-c3cc(C)[nH]n3)c2)cc2c1C(=O)N(C(C)C1CC1)C2. The largest absolute Gasteiger partial charge is 0.331 e. The Morgan fingerprint density at radius 1 is 1.17 bits per heavy atom. The van der Waals surface area contributed by atoms with E-state index in [1.807, 2.05) is 31.5 Å². The van der Waals surface area contributed by atoms with Crippen LogP contribution in [0, 0.1) is 12.8 Å². The standard InChI is InChI=1S/C23H24N4OS/c1-13-8-20(26-25-13)19-10-16(6-7-24-19)17-9-18-12-27(14(2)15-4-5-15)23(28)22(18)21(11-17)29-3/h6-11,14-15H,4-5,12H2,1-3H3,(H,25,26). The molecule has 0 saturated heterocycles. The van der Waals surface area contributed by atoms with E-state index in [1.165, 1.54) is 12.8 Å². The fourth-order valence-corrected chi connectivity index (χ4v) is 4.90. The highest BCUT2D eigenvalue weighted by Gasteiger charge is 2.39. The maximum Gasteiger partial charge on any atom is 0.255 e. The van der Waals surface area contributed by atoms with Crippen LogP contribution in [0.4, 0.5) is 0 Å². The number of benzene rings is 1. The Morgan fingerprint density at radius 2 is 2.00 bits per heavy atom. The van der Waals surface area contributed by atoms with Gasteiger partial charge in [-0.3, -0.25) is 14.9 Å². The second-order valence-corrected chi connectivity index (χ2v) is 8.94. The molecule has 3 heterocycles. The number of aryl methyl sites for hydroxylation is 1. The first-order chi connectivity index (χ1) is 14.0. The van der Waals surface area contributed by atoms with Crippen molar-refractivity contribution >= 4 is 17.7 Å². The Labute approximate surface area is 174 Å². The van der Waals surface area contributed by atoms with Gasteiger partial charge < -0.3 is 4.90 Å². The summed E-state index contributed by atoms with van der Waals surface area (Å²) in [5.41, 5.74) is 6.95. The molecule has 1 amide bonds. The summed E-state index contributed by atoms with van der Waals surface area (Å²) in [6.45, 7) is 4.89. The number of pyridine rings is 1. The van der Waals surface area contributed by atoms with Crippen LogP contribution in [0.1, 0.15) is 41.4 Å². The summed E-state index contributed by atoms with van der Waals surface area (Å²) >= 11 is 1.65. The molecule has 6 heteroatoms. The van der Waals surface area contributed by atoms with E-state index in [0.29, 0.717) is 18.5 Å². The Balaban J connectivity index is 1.53. The molecule has 0 bridgehead atoms. The number of amides is 1. The Bertz CT molecular complexity index is 1100. The summed E-state index contributed by atoms with van der Waals surface area (Å²) in [6, 6.07) is 10.7. The molecule has 1 saturated carbocycles. The number of aromatic amines is 1. The summed E-state index contributed by atoms with van der Waals surface area (Å²) in [5, 5.41) is 7.31. The topological polar surface area (TPSA) is 61.9 Å². The van der Waals surface area contributed by atoms with E-state index in [-0.39, 0.29) is 5.91 Å². The van der Waals surface area contributed by atoms with Crippen LogP contribution < -0.4 is 0 Å². The summed E-state index contributed by atoms with van der Waals surface area (Å²) in [6.07, 6.45) is 6.36. The van der Waals surface area contributed by atoms with Gasteiger partial charge in [-0.05, 0) is 85.9 Å². The van der Waals surface area contributed by atoms with Crippen molar-refractivity contribution in [3.8, 4) is 22.5 Å². The highest BCUT2D eigenvalue weighted by atomic mass is 32.2. The predicted octanol–water partition coefficient (Wildman–Crippen LogP) is 4.92. The second kappa shape index (κ2) is 7.02. The minimum absolute atomic E-state index is 0.192. The van der Waals surface area contributed by atoms with Crippen LogP contribution in [0.2, 0.25) is 0 Å². The zero-order chi connectivity index (χ0) is 20.1. The van der Waals surface area contributed by atoms with Crippen molar-refractivity contribution < 1.29 is 4.79 Å². The number of hydrogen-bond acceptors (Lipinski definition) is 4. The van der Waals surface area contributed by atoms with Crippen molar-refractivity contribution in [2.24, 2.45) is 5.92 Å². The van der Waals surface area contributed by atoms with Crippen molar-refractivity contribution in [1.29, 1.82) is 0 Å². The number of hydrogen-bond donors (Lipinski definition) is 1. The molecule has 1 aliphatic carbocycles. The Kier molecular flexibility index (Phi) is 4.46. The van der Waals surface area contributed by atoms with E-state index in [1.54, 1.807) is 11.8 Å². The minimum atomic E-state index is 0.192. The maximum absolute atomic E-state index is 13.1. The molecule has 2 aliphatic rings. The van der Waals surface area contributed by atoms with E-state index in [2.05, 4.69) is 45.2 Å². The van der Waals surface area contributed by atoms with E-state index >= 15 is 0 Å². The molecule has 2 aromatic heterocycles. The van der Waals surface area contributed by atoms with Crippen LogP contribution in [0.25, 0.3) is 22.5 Å². The first-order valence-electron chi connectivity index (χ1n) is 10.1. The zero-order valence-electron chi connectivity index (χ0n) is 16.9. The molecular weight excluding hydrogens is 380 g/mol. The Hall–Kier alpha value is -2.60. The Morgan fingerprint density at radius 3 is 2.69 bits per heavy atom. The fraction of sp³-hybridized carbons (Fsp3) is 0.348. The monoisotopic (exact) mass is 404 g/mol. The molecule has 0 radical (unpaired) electrons. The number of carbonyl (C=O) groups is 1. The molecule has 1 N–H and O–H groups in total. The average molecular weight is 405 g/mol. The highest BCUT2D eigenvalue weighted by molar-refractivity contribution is 7.98. The maximum atomic E-state index is 13.1. The number of H-pyrrole nitrogens is 1. The fourth-order valence-electron chi connectivity index (χ4n) is 4.23. The number of carbonyl (C=O) groups excluding carboxylic acids is 1. The van der Waals surface area contributed by atoms with Gasteiger partial charge in [0, 0.05) is 29.4 Å². The molecule has 3 aromatic rings. The quantitative estimate of drug-likeness (QED) is 0.613. The van der Waals surface area contributed by atoms with Gasteiger partial charge in [0.2, 0.25) is 0 Å². The molecule has 1 aliphatic heterocycles. The summed E-state index contributed by atoms with van der Waals surface area (Å²) in [4.78, 5) is 20.7. The molecule has 5 nitrogen and oxygen atoms in total. The van der Waals surface area contributed by atoms with E-state index < -0.39 is 0 Å². The van der Waals surface area contributed by atoms with Gasteiger partial charge in [-0.25, -0.2) is 0 Å². The molecule has 1 fully saturated rings. The normalized spacial score (nSPS) is 16.9. The lowest BCUT2D eigenvalue weighted by Gasteiger charge is -2.24. The average Bonchev–Trinajstić information content (AvgIpc) is 3.42. The summed E-state index contributed by atoms with van der Waals surface area (Å²) in [7, 11) is 0. The van der Waals surface area contributed by atoms with Crippen molar-refractivity contribution in [3.63, 3.8) is 0 Å². The van der Waals surface area contributed by atoms with Crippen molar-refractivity contribution in [2.75, 3.05) is 6.26 Å². The van der Waals surface area contributed by atoms with Gasteiger partial charge in [-0.15, -0.1) is 11.8 Å². The number of aromatic nitrogens is 3. The summed E-state index contributed by atoms with van der Waals surface area (Å²) in [5.74, 6) is 0.864. The third kappa shape index (κ3) is 3.25. The first kappa shape index (κ1) is 18.4. The van der Waals surface area contributed by atoms with Crippen LogP contribution in [0.3, 0.4) is 0 Å². The van der Waals surface area contributed by atoms with E-state index in [9.17, 15) is 4.79 Å². The third-order valence-corrected chi connectivity index (χ3v) is 6.84. The van der Waals surface area contributed by atoms with Crippen LogP contribution in [0.5, 0.6) is 0 Å². The number of nitrogens with zero attached hydrogens (tertiary/aromatic N) is 3. The van der Waals surface area contributed by atoms with Crippen LogP contribution in [0.15, 0.2) is 41.4 Å². The molecule has 0 spiro atoms. The zero-order valence-corrected chi connectivity index (χ0v) is 17.7. The smallest absolute Gasteiger partial charge is 0.255 e.